The molecule has 11 heteroatoms. The van der Waals surface area contributed by atoms with E-state index in [2.05, 4.69) is 10.2 Å². The number of nitrogens with zero attached hydrogens (tertiary/aromatic N) is 2. The van der Waals surface area contributed by atoms with Gasteiger partial charge < -0.3 is 5.11 Å². The molecule has 3 aromatic carbocycles. The van der Waals surface area contributed by atoms with Gasteiger partial charge in [0.25, 0.3) is 20.2 Å². The van der Waals surface area contributed by atoms with Crippen molar-refractivity contribution in [2.45, 2.75) is 23.6 Å². The van der Waals surface area contributed by atoms with E-state index in [1.165, 1.54) is 30.3 Å². The van der Waals surface area contributed by atoms with Crippen LogP contribution in [0.5, 0.6) is 5.75 Å². The molecule has 152 valence electrons. The van der Waals surface area contributed by atoms with E-state index in [9.17, 15) is 31.0 Å². The molecule has 9 nitrogen and oxygen atoms in total. The van der Waals surface area contributed by atoms with Crippen molar-refractivity contribution in [1.29, 1.82) is 0 Å². The zero-order chi connectivity index (χ0) is 21.6. The number of aryl methyl sites for hydroxylation is 2. The van der Waals surface area contributed by atoms with Gasteiger partial charge in [0.2, 0.25) is 0 Å². The van der Waals surface area contributed by atoms with Crippen molar-refractivity contribution in [2.75, 3.05) is 0 Å². The largest absolute Gasteiger partial charge is 0.506 e. The molecular weight excluding hydrogens is 420 g/mol. The number of fused-ring (bicyclic) bond motifs is 1. The van der Waals surface area contributed by atoms with Crippen LogP contribution in [0.1, 0.15) is 11.1 Å². The molecule has 0 aliphatic rings. The molecule has 0 aliphatic heterocycles. The number of benzene rings is 3. The second-order valence-corrected chi connectivity index (χ2v) is 9.21. The van der Waals surface area contributed by atoms with Gasteiger partial charge in [0, 0.05) is 5.39 Å². The van der Waals surface area contributed by atoms with E-state index in [1.54, 1.807) is 19.9 Å². The van der Waals surface area contributed by atoms with Crippen molar-refractivity contribution in [2.24, 2.45) is 10.2 Å². The minimum atomic E-state index is -4.57. The van der Waals surface area contributed by atoms with Crippen molar-refractivity contribution in [3.8, 4) is 5.75 Å². The molecule has 0 unspecified atom stereocenters. The first kappa shape index (κ1) is 20.9. The van der Waals surface area contributed by atoms with E-state index in [1.807, 2.05) is 0 Å². The third kappa shape index (κ3) is 4.27. The average molecular weight is 436 g/mol. The highest BCUT2D eigenvalue weighted by Crippen LogP contribution is 2.38. The Morgan fingerprint density at radius 1 is 0.793 bits per heavy atom. The quantitative estimate of drug-likeness (QED) is 0.411. The molecule has 29 heavy (non-hydrogen) atoms. The Hall–Kier alpha value is -2.86. The van der Waals surface area contributed by atoms with Crippen molar-refractivity contribution < 1.29 is 31.0 Å². The van der Waals surface area contributed by atoms with E-state index in [0.717, 1.165) is 6.07 Å². The molecule has 0 bridgehead atoms. The Bertz CT molecular complexity index is 1380. The Balaban J connectivity index is 2.21. The van der Waals surface area contributed by atoms with Gasteiger partial charge in [-0.25, -0.2) is 0 Å². The summed E-state index contributed by atoms with van der Waals surface area (Å²) in [6.45, 7) is 3.25. The first-order valence-electron chi connectivity index (χ1n) is 8.11. The molecule has 0 aromatic heterocycles. The maximum Gasteiger partial charge on any atom is 0.296 e. The van der Waals surface area contributed by atoms with Crippen LogP contribution in [0.4, 0.5) is 11.4 Å². The fourth-order valence-corrected chi connectivity index (χ4v) is 4.19. The smallest absolute Gasteiger partial charge is 0.296 e. The Morgan fingerprint density at radius 2 is 1.45 bits per heavy atom. The van der Waals surface area contributed by atoms with Gasteiger partial charge in [0.15, 0.2) is 0 Å². The van der Waals surface area contributed by atoms with Gasteiger partial charge in [-0.2, -0.15) is 16.8 Å². The average Bonchev–Trinajstić information content (AvgIpc) is 2.59. The van der Waals surface area contributed by atoms with Gasteiger partial charge >= 0.3 is 0 Å². The number of aromatic hydroxyl groups is 1. The normalized spacial score (nSPS) is 12.7. The van der Waals surface area contributed by atoms with Crippen LogP contribution in [0.25, 0.3) is 10.8 Å². The topological polar surface area (TPSA) is 154 Å². The number of hydrogen-bond donors (Lipinski definition) is 3. The summed E-state index contributed by atoms with van der Waals surface area (Å²) in [6.07, 6.45) is 0. The zero-order valence-corrected chi connectivity index (χ0v) is 16.9. The van der Waals surface area contributed by atoms with E-state index in [4.69, 9.17) is 0 Å². The fraction of sp³-hybridized carbons (Fsp3) is 0.111. The second-order valence-electron chi connectivity index (χ2n) is 6.39. The van der Waals surface area contributed by atoms with E-state index in [-0.39, 0.29) is 22.0 Å². The van der Waals surface area contributed by atoms with Crippen LogP contribution in [-0.2, 0) is 20.2 Å². The third-order valence-corrected chi connectivity index (χ3v) is 5.89. The summed E-state index contributed by atoms with van der Waals surface area (Å²) >= 11 is 0. The van der Waals surface area contributed by atoms with Crippen LogP contribution in [0.3, 0.4) is 0 Å². The summed E-state index contributed by atoms with van der Waals surface area (Å²) in [5, 5.41) is 18.7. The van der Waals surface area contributed by atoms with Gasteiger partial charge in [0.1, 0.15) is 22.0 Å². The van der Waals surface area contributed by atoms with Gasteiger partial charge in [-0.05, 0) is 54.6 Å². The molecule has 3 N–H and O–H groups in total. The van der Waals surface area contributed by atoms with Crippen molar-refractivity contribution in [3.63, 3.8) is 0 Å². The standard InChI is InChI=1S/C18H16N2O7S2/c1-10-7-11(2)17(16(8-10)29(25,26)27)19-20-18-14-5-4-13(28(22,23)24)9-12(14)3-6-15(18)21/h3-9,21H,1-2H3,(H,22,23,24)(H,25,26,27). The molecule has 0 atom stereocenters. The number of azo groups is 1. The molecule has 0 spiro atoms. The molecule has 0 saturated heterocycles. The van der Waals surface area contributed by atoms with Gasteiger partial charge in [-0.3, -0.25) is 9.11 Å². The molecule has 0 fully saturated rings. The Kier molecular flexibility index (Phi) is 5.17. The van der Waals surface area contributed by atoms with Crippen LogP contribution in [-0.4, -0.2) is 31.0 Å². The summed E-state index contributed by atoms with van der Waals surface area (Å²) in [6, 6.07) is 9.26. The summed E-state index contributed by atoms with van der Waals surface area (Å²) in [5.74, 6) is -0.279. The van der Waals surface area contributed by atoms with Crippen LogP contribution in [0.15, 0.2) is 62.5 Å². The Labute approximate surface area is 166 Å². The zero-order valence-electron chi connectivity index (χ0n) is 15.2. The SMILES string of the molecule is Cc1cc(C)c(N=Nc2c(O)ccc3cc(S(=O)(=O)O)ccc23)c(S(=O)(=O)O)c1. The van der Waals surface area contributed by atoms with Gasteiger partial charge in [-0.1, -0.05) is 18.2 Å². The highest BCUT2D eigenvalue weighted by atomic mass is 32.2. The lowest BCUT2D eigenvalue weighted by molar-refractivity contribution is 0.477. The molecule has 0 aliphatic carbocycles. The first-order chi connectivity index (χ1) is 13.4. The van der Waals surface area contributed by atoms with Crippen molar-refractivity contribution in [3.05, 3.63) is 53.6 Å². The van der Waals surface area contributed by atoms with Crippen LogP contribution in [0, 0.1) is 13.8 Å². The molecule has 0 radical (unpaired) electrons. The molecule has 0 saturated carbocycles. The third-order valence-electron chi connectivity index (χ3n) is 4.18. The molecule has 0 amide bonds. The van der Waals surface area contributed by atoms with E-state index in [0.29, 0.717) is 21.9 Å². The molecular formula is C18H16N2O7S2. The predicted octanol–water partition coefficient (Wildman–Crippen LogP) is 4.07. The lowest BCUT2D eigenvalue weighted by atomic mass is 10.1. The lowest BCUT2D eigenvalue weighted by Gasteiger charge is -2.08. The predicted molar refractivity (Wildman–Crippen MR) is 105 cm³/mol. The first-order valence-corrected chi connectivity index (χ1v) is 11.0. The van der Waals surface area contributed by atoms with Crippen LogP contribution < -0.4 is 0 Å². The number of rotatable bonds is 4. The van der Waals surface area contributed by atoms with Crippen molar-refractivity contribution in [1.82, 2.24) is 0 Å². The van der Waals surface area contributed by atoms with Gasteiger partial charge in [-0.15, -0.1) is 10.2 Å². The van der Waals surface area contributed by atoms with Gasteiger partial charge in [0.05, 0.1) is 4.90 Å². The lowest BCUT2D eigenvalue weighted by Crippen LogP contribution is -2.00. The molecule has 3 aromatic rings. The maximum absolute atomic E-state index is 11.7. The summed E-state index contributed by atoms with van der Waals surface area (Å²) in [7, 11) is -8.98. The highest BCUT2D eigenvalue weighted by Gasteiger charge is 2.19. The molecule has 3 rings (SSSR count). The molecule has 0 heterocycles. The summed E-state index contributed by atoms with van der Waals surface area (Å²) in [4.78, 5) is -0.756. The van der Waals surface area contributed by atoms with E-state index >= 15 is 0 Å². The van der Waals surface area contributed by atoms with Crippen LogP contribution in [0.2, 0.25) is 0 Å². The number of phenolic OH excluding ortho intramolecular Hbond substituents is 1. The monoisotopic (exact) mass is 436 g/mol. The summed E-state index contributed by atoms with van der Waals surface area (Å²) < 4.78 is 64.7. The highest BCUT2D eigenvalue weighted by molar-refractivity contribution is 7.86. The van der Waals surface area contributed by atoms with Crippen molar-refractivity contribution >= 4 is 42.4 Å². The van der Waals surface area contributed by atoms with E-state index < -0.39 is 25.1 Å². The second kappa shape index (κ2) is 7.19. The maximum atomic E-state index is 11.7. The fourth-order valence-electron chi connectivity index (χ4n) is 2.89. The minimum Gasteiger partial charge on any atom is -0.506 e. The summed E-state index contributed by atoms with van der Waals surface area (Å²) in [5.41, 5.74) is 0.907. The number of hydrogen-bond acceptors (Lipinski definition) is 7. The van der Waals surface area contributed by atoms with Crippen LogP contribution >= 0.6 is 0 Å². The minimum absolute atomic E-state index is 0.0364. The Morgan fingerprint density at radius 3 is 2.07 bits per heavy atom. The number of phenols is 1.